The van der Waals surface area contributed by atoms with Crippen molar-refractivity contribution in [3.63, 3.8) is 0 Å². The first-order chi connectivity index (χ1) is 9.74. The Bertz CT molecular complexity index is 548. The maximum atomic E-state index is 12.3. The Labute approximate surface area is 123 Å². The number of amides is 2. The summed E-state index contributed by atoms with van der Waals surface area (Å²) < 4.78 is 36.8. The molecular weight excluding hydrogens is 311 g/mol. The summed E-state index contributed by atoms with van der Waals surface area (Å²) in [5.41, 5.74) is 0.367. The van der Waals surface area contributed by atoms with Gasteiger partial charge in [-0.25, -0.2) is 4.98 Å². The molecule has 0 spiro atoms. The van der Waals surface area contributed by atoms with Gasteiger partial charge < -0.3 is 10.2 Å². The Morgan fingerprint density at radius 1 is 1.48 bits per heavy atom. The van der Waals surface area contributed by atoms with Crippen LogP contribution in [0.25, 0.3) is 0 Å². The number of pyridine rings is 1. The van der Waals surface area contributed by atoms with E-state index in [2.05, 4.69) is 10.3 Å². The van der Waals surface area contributed by atoms with E-state index < -0.39 is 30.5 Å². The van der Waals surface area contributed by atoms with Crippen molar-refractivity contribution in [3.05, 3.63) is 23.5 Å². The Hall–Kier alpha value is -1.83. The summed E-state index contributed by atoms with van der Waals surface area (Å²) in [4.78, 5) is 27.8. The van der Waals surface area contributed by atoms with E-state index in [1.165, 1.54) is 18.3 Å². The number of aromatic nitrogens is 1. The highest BCUT2D eigenvalue weighted by Crippen LogP contribution is 2.24. The number of halogens is 4. The van der Waals surface area contributed by atoms with Gasteiger partial charge in [0.2, 0.25) is 11.8 Å². The summed E-state index contributed by atoms with van der Waals surface area (Å²) in [6, 6.07) is 2.98. The van der Waals surface area contributed by atoms with Crippen molar-refractivity contribution in [1.82, 2.24) is 9.88 Å². The highest BCUT2D eigenvalue weighted by Gasteiger charge is 2.40. The van der Waals surface area contributed by atoms with Gasteiger partial charge in [-0.1, -0.05) is 11.6 Å². The van der Waals surface area contributed by atoms with Crippen LogP contribution in [0.3, 0.4) is 0 Å². The molecule has 1 aromatic heterocycles. The van der Waals surface area contributed by atoms with Gasteiger partial charge in [-0.2, -0.15) is 13.2 Å². The van der Waals surface area contributed by atoms with Crippen molar-refractivity contribution >= 4 is 29.1 Å². The minimum atomic E-state index is -4.47. The Morgan fingerprint density at radius 3 is 2.76 bits per heavy atom. The van der Waals surface area contributed by atoms with Crippen molar-refractivity contribution in [2.45, 2.75) is 12.6 Å². The van der Waals surface area contributed by atoms with Crippen molar-refractivity contribution in [2.24, 2.45) is 5.92 Å². The third-order valence-corrected chi connectivity index (χ3v) is 3.17. The second kappa shape index (κ2) is 5.88. The van der Waals surface area contributed by atoms with E-state index >= 15 is 0 Å². The lowest BCUT2D eigenvalue weighted by Crippen LogP contribution is -2.36. The van der Waals surface area contributed by atoms with E-state index in [9.17, 15) is 22.8 Å². The third-order valence-electron chi connectivity index (χ3n) is 2.95. The van der Waals surface area contributed by atoms with Crippen LogP contribution in [-0.4, -0.2) is 41.0 Å². The molecule has 9 heteroatoms. The third kappa shape index (κ3) is 4.32. The van der Waals surface area contributed by atoms with Crippen molar-refractivity contribution < 1.29 is 22.8 Å². The number of carbonyl (C=O) groups is 2. The number of hydrogen-bond donors (Lipinski definition) is 1. The van der Waals surface area contributed by atoms with E-state index in [1.807, 2.05) is 0 Å². The second-order valence-electron chi connectivity index (χ2n) is 4.65. The highest BCUT2D eigenvalue weighted by atomic mass is 35.5. The lowest BCUT2D eigenvalue weighted by atomic mass is 10.1. The first kappa shape index (κ1) is 15.6. The van der Waals surface area contributed by atoms with E-state index in [0.717, 1.165) is 0 Å². The van der Waals surface area contributed by atoms with Gasteiger partial charge in [-0.15, -0.1) is 0 Å². The highest BCUT2D eigenvalue weighted by molar-refractivity contribution is 6.29. The van der Waals surface area contributed by atoms with Crippen LogP contribution in [0, 0.1) is 5.92 Å². The molecule has 21 heavy (non-hydrogen) atoms. The van der Waals surface area contributed by atoms with E-state index in [0.29, 0.717) is 10.6 Å². The molecule has 1 saturated heterocycles. The molecule has 2 amide bonds. The summed E-state index contributed by atoms with van der Waals surface area (Å²) in [7, 11) is 0. The van der Waals surface area contributed by atoms with E-state index in [4.69, 9.17) is 11.6 Å². The van der Waals surface area contributed by atoms with Gasteiger partial charge >= 0.3 is 6.18 Å². The van der Waals surface area contributed by atoms with Gasteiger partial charge in [-0.3, -0.25) is 9.59 Å². The van der Waals surface area contributed by atoms with Gasteiger partial charge in [0.05, 0.1) is 17.8 Å². The minimum absolute atomic E-state index is 0.233. The maximum Gasteiger partial charge on any atom is 0.406 e. The molecule has 2 rings (SSSR count). The molecule has 0 radical (unpaired) electrons. The molecule has 2 heterocycles. The fraction of sp³-hybridized carbons (Fsp3) is 0.417. The molecule has 1 atom stereocenters. The Morgan fingerprint density at radius 2 is 2.19 bits per heavy atom. The number of nitrogens with zero attached hydrogens (tertiary/aromatic N) is 2. The molecule has 1 aliphatic rings. The SMILES string of the molecule is O=C(Nc1ccc(Cl)nc1)[C@H]1CC(=O)N(CC(F)(F)F)C1. The Kier molecular flexibility index (Phi) is 4.36. The van der Waals surface area contributed by atoms with Gasteiger partial charge in [0, 0.05) is 13.0 Å². The maximum absolute atomic E-state index is 12.3. The Balaban J connectivity index is 1.95. The zero-order valence-electron chi connectivity index (χ0n) is 10.7. The van der Waals surface area contributed by atoms with Crippen LogP contribution in [0.4, 0.5) is 18.9 Å². The van der Waals surface area contributed by atoms with Crippen LogP contribution in [0.2, 0.25) is 5.15 Å². The second-order valence-corrected chi connectivity index (χ2v) is 5.04. The predicted octanol–water partition coefficient (Wildman–Crippen LogP) is 2.08. The monoisotopic (exact) mass is 321 g/mol. The summed E-state index contributed by atoms with van der Waals surface area (Å²) >= 11 is 5.59. The average Bonchev–Trinajstić information content (AvgIpc) is 2.72. The van der Waals surface area contributed by atoms with E-state index in [-0.39, 0.29) is 18.1 Å². The van der Waals surface area contributed by atoms with Crippen LogP contribution in [0.5, 0.6) is 0 Å². The van der Waals surface area contributed by atoms with Gasteiger partial charge in [0.15, 0.2) is 0 Å². The van der Waals surface area contributed by atoms with Crippen molar-refractivity contribution in [1.29, 1.82) is 0 Å². The van der Waals surface area contributed by atoms with Gasteiger partial charge in [0.25, 0.3) is 0 Å². The fourth-order valence-electron chi connectivity index (χ4n) is 2.01. The molecule has 0 unspecified atom stereocenters. The summed E-state index contributed by atoms with van der Waals surface area (Å²) in [6.07, 6.45) is -3.38. The number of likely N-dealkylation sites (tertiary alicyclic amines) is 1. The molecule has 0 saturated carbocycles. The molecule has 0 aromatic carbocycles. The smallest absolute Gasteiger partial charge is 0.333 e. The lowest BCUT2D eigenvalue weighted by molar-refractivity contribution is -0.157. The fourth-order valence-corrected chi connectivity index (χ4v) is 2.12. The van der Waals surface area contributed by atoms with Crippen LogP contribution in [-0.2, 0) is 9.59 Å². The quantitative estimate of drug-likeness (QED) is 0.867. The van der Waals surface area contributed by atoms with Gasteiger partial charge in [0.1, 0.15) is 11.7 Å². The van der Waals surface area contributed by atoms with Gasteiger partial charge in [-0.05, 0) is 12.1 Å². The average molecular weight is 322 g/mol. The van der Waals surface area contributed by atoms with Crippen LogP contribution < -0.4 is 5.32 Å². The molecule has 1 aliphatic heterocycles. The predicted molar refractivity (Wildman–Crippen MR) is 68.6 cm³/mol. The summed E-state index contributed by atoms with van der Waals surface area (Å²) in [5, 5.41) is 2.75. The first-order valence-electron chi connectivity index (χ1n) is 6.01. The molecule has 0 bridgehead atoms. The molecule has 1 N–H and O–H groups in total. The van der Waals surface area contributed by atoms with Crippen molar-refractivity contribution in [2.75, 3.05) is 18.4 Å². The molecule has 114 valence electrons. The number of nitrogens with one attached hydrogen (secondary N) is 1. The van der Waals surface area contributed by atoms with E-state index in [1.54, 1.807) is 0 Å². The zero-order valence-corrected chi connectivity index (χ0v) is 11.4. The number of hydrogen-bond acceptors (Lipinski definition) is 3. The number of anilines is 1. The lowest BCUT2D eigenvalue weighted by Gasteiger charge is -2.18. The zero-order chi connectivity index (χ0) is 15.6. The number of alkyl halides is 3. The normalized spacial score (nSPS) is 19.0. The molecule has 5 nitrogen and oxygen atoms in total. The summed E-state index contributed by atoms with van der Waals surface area (Å²) in [6.45, 7) is -1.58. The van der Waals surface area contributed by atoms with Crippen LogP contribution in [0.1, 0.15) is 6.42 Å². The molecule has 1 fully saturated rings. The standard InChI is InChI=1S/C12H11ClF3N3O2/c13-9-2-1-8(4-17-9)18-11(21)7-3-10(20)19(5-7)6-12(14,15)16/h1-2,4,7H,3,5-6H2,(H,18,21)/t7-/m0/s1. The van der Waals surface area contributed by atoms with Crippen LogP contribution in [0.15, 0.2) is 18.3 Å². The molecule has 0 aliphatic carbocycles. The van der Waals surface area contributed by atoms with Crippen molar-refractivity contribution in [3.8, 4) is 0 Å². The topological polar surface area (TPSA) is 62.3 Å². The molecule has 1 aromatic rings. The first-order valence-corrected chi connectivity index (χ1v) is 6.39. The largest absolute Gasteiger partial charge is 0.406 e. The minimum Gasteiger partial charge on any atom is -0.333 e. The van der Waals surface area contributed by atoms with Crippen LogP contribution >= 0.6 is 11.6 Å². The molecular formula is C12H11ClF3N3O2. The number of carbonyl (C=O) groups excluding carboxylic acids is 2. The summed E-state index contributed by atoms with van der Waals surface area (Å²) in [5.74, 6) is -2.01. The number of rotatable bonds is 3.